The maximum atomic E-state index is 10.7. The number of allylic oxidation sites excluding steroid dienone is 1. The van der Waals surface area contributed by atoms with Crippen LogP contribution < -0.4 is 0 Å². The van der Waals surface area contributed by atoms with Crippen molar-refractivity contribution < 1.29 is 15.0 Å². The molecule has 0 spiro atoms. The fourth-order valence-corrected chi connectivity index (χ4v) is 1.30. The van der Waals surface area contributed by atoms with Crippen LogP contribution in [0.25, 0.3) is 0 Å². The summed E-state index contributed by atoms with van der Waals surface area (Å²) in [6.45, 7) is 5.25. The zero-order valence-corrected chi connectivity index (χ0v) is 7.95. The van der Waals surface area contributed by atoms with Crippen molar-refractivity contribution in [1.29, 1.82) is 0 Å². The molecule has 1 rings (SSSR count). The zero-order chi connectivity index (χ0) is 10.7. The molecule has 0 unspecified atom stereocenters. The van der Waals surface area contributed by atoms with Gasteiger partial charge in [-0.3, -0.25) is 0 Å². The quantitative estimate of drug-likeness (QED) is 0.721. The van der Waals surface area contributed by atoms with E-state index in [-0.39, 0.29) is 11.3 Å². The minimum Gasteiger partial charge on any atom is -0.507 e. The Kier molecular flexibility index (Phi) is 2.92. The maximum absolute atomic E-state index is 10.7. The predicted octanol–water partition coefficient (Wildman–Crippen LogP) is 2.13. The first-order chi connectivity index (χ1) is 6.56. The summed E-state index contributed by atoms with van der Waals surface area (Å²) in [4.78, 5) is 10.7. The van der Waals surface area contributed by atoms with Crippen LogP contribution in [-0.4, -0.2) is 16.2 Å². The molecule has 0 heterocycles. The minimum absolute atomic E-state index is 0.0538. The second-order valence-corrected chi connectivity index (χ2v) is 3.11. The average Bonchev–Trinajstić information content (AvgIpc) is 2.11. The Labute approximate surface area is 82.3 Å². The molecule has 0 aliphatic carbocycles. The number of benzene rings is 1. The molecule has 3 nitrogen and oxygen atoms in total. The van der Waals surface area contributed by atoms with Gasteiger partial charge in [-0.25, -0.2) is 4.79 Å². The zero-order valence-electron chi connectivity index (χ0n) is 7.95. The second-order valence-electron chi connectivity index (χ2n) is 3.11. The van der Waals surface area contributed by atoms with Crippen LogP contribution in [0.4, 0.5) is 0 Å². The lowest BCUT2D eigenvalue weighted by atomic mass is 10.0. The highest BCUT2D eigenvalue weighted by Gasteiger charge is 2.12. The average molecular weight is 192 g/mol. The Bertz CT molecular complexity index is 380. The highest BCUT2D eigenvalue weighted by Crippen LogP contribution is 2.24. The van der Waals surface area contributed by atoms with Crippen LogP contribution >= 0.6 is 0 Å². The summed E-state index contributed by atoms with van der Waals surface area (Å²) in [5.74, 6) is -1.28. The number of hydrogen-bond acceptors (Lipinski definition) is 2. The number of rotatable bonds is 3. The van der Waals surface area contributed by atoms with E-state index >= 15 is 0 Å². The molecule has 0 radical (unpaired) electrons. The van der Waals surface area contributed by atoms with Crippen LogP contribution in [0.1, 0.15) is 21.5 Å². The first-order valence-corrected chi connectivity index (χ1v) is 4.23. The largest absolute Gasteiger partial charge is 0.507 e. The first-order valence-electron chi connectivity index (χ1n) is 4.23. The smallest absolute Gasteiger partial charge is 0.339 e. The van der Waals surface area contributed by atoms with Crippen LogP contribution in [-0.2, 0) is 6.42 Å². The minimum atomic E-state index is -1.11. The summed E-state index contributed by atoms with van der Waals surface area (Å²) in [5, 5.41) is 18.3. The van der Waals surface area contributed by atoms with Crippen LogP contribution in [0.15, 0.2) is 24.8 Å². The molecule has 3 heteroatoms. The van der Waals surface area contributed by atoms with Gasteiger partial charge in [0.1, 0.15) is 11.3 Å². The standard InChI is InChI=1S/C11H12O3/c1-3-4-8-5-7(2)10(12)9(6-8)11(13)14/h3,5-6,12H,1,4H2,2H3,(H,13,14). The highest BCUT2D eigenvalue weighted by atomic mass is 16.4. The lowest BCUT2D eigenvalue weighted by molar-refractivity contribution is 0.0693. The molecule has 0 saturated carbocycles. The van der Waals surface area contributed by atoms with Crippen LogP contribution in [0.2, 0.25) is 0 Å². The van der Waals surface area contributed by atoms with Crippen molar-refractivity contribution in [2.75, 3.05) is 0 Å². The van der Waals surface area contributed by atoms with Crippen LogP contribution in [0.5, 0.6) is 5.75 Å². The highest BCUT2D eigenvalue weighted by molar-refractivity contribution is 5.91. The Hall–Kier alpha value is -1.77. The Morgan fingerprint density at radius 2 is 2.21 bits per heavy atom. The van der Waals surface area contributed by atoms with Gasteiger partial charge in [-0.1, -0.05) is 12.1 Å². The second kappa shape index (κ2) is 3.96. The van der Waals surface area contributed by atoms with E-state index in [1.807, 2.05) is 0 Å². The molecule has 0 amide bonds. The molecule has 0 fully saturated rings. The monoisotopic (exact) mass is 192 g/mol. The lowest BCUT2D eigenvalue weighted by Gasteiger charge is -2.06. The van der Waals surface area contributed by atoms with Gasteiger partial charge in [0, 0.05) is 0 Å². The fraction of sp³-hybridized carbons (Fsp3) is 0.182. The number of carboxylic acid groups (broad SMARTS) is 1. The molecule has 0 atom stereocenters. The lowest BCUT2D eigenvalue weighted by Crippen LogP contribution is -1.99. The third-order valence-electron chi connectivity index (χ3n) is 1.97. The number of carboxylic acids is 1. The van der Waals surface area contributed by atoms with E-state index in [9.17, 15) is 9.90 Å². The van der Waals surface area contributed by atoms with Crippen molar-refractivity contribution in [3.05, 3.63) is 41.5 Å². The molecular formula is C11H12O3. The summed E-state index contributed by atoms with van der Waals surface area (Å²) in [6.07, 6.45) is 2.29. The first kappa shape index (κ1) is 10.3. The third kappa shape index (κ3) is 1.93. The molecule has 0 bridgehead atoms. The number of phenols is 1. The summed E-state index contributed by atoms with van der Waals surface area (Å²) in [5.41, 5.74) is 1.36. The SMILES string of the molecule is C=CCc1cc(C)c(O)c(C(=O)O)c1. The van der Waals surface area contributed by atoms with Crippen molar-refractivity contribution in [3.63, 3.8) is 0 Å². The summed E-state index contributed by atoms with van der Waals surface area (Å²) in [6, 6.07) is 3.22. The van der Waals surface area contributed by atoms with Gasteiger partial charge < -0.3 is 10.2 Å². The van der Waals surface area contributed by atoms with E-state index < -0.39 is 5.97 Å². The summed E-state index contributed by atoms with van der Waals surface area (Å²) >= 11 is 0. The van der Waals surface area contributed by atoms with Crippen molar-refractivity contribution in [1.82, 2.24) is 0 Å². The Balaban J connectivity index is 3.27. The van der Waals surface area contributed by atoms with Gasteiger partial charge in [0.25, 0.3) is 0 Å². The van der Waals surface area contributed by atoms with Gasteiger partial charge in [0.2, 0.25) is 0 Å². The van der Waals surface area contributed by atoms with E-state index in [1.165, 1.54) is 6.07 Å². The molecule has 0 saturated heterocycles. The molecule has 2 N–H and O–H groups in total. The number of hydrogen-bond donors (Lipinski definition) is 2. The molecule has 0 aliphatic heterocycles. The molecule has 74 valence electrons. The topological polar surface area (TPSA) is 57.5 Å². The fourth-order valence-electron chi connectivity index (χ4n) is 1.30. The number of aryl methyl sites for hydroxylation is 1. The maximum Gasteiger partial charge on any atom is 0.339 e. The van der Waals surface area contributed by atoms with Gasteiger partial charge in [-0.15, -0.1) is 6.58 Å². The molecule has 1 aromatic rings. The molecule has 0 aliphatic rings. The van der Waals surface area contributed by atoms with E-state index in [4.69, 9.17) is 5.11 Å². The number of aromatic hydroxyl groups is 1. The van der Waals surface area contributed by atoms with Crippen molar-refractivity contribution >= 4 is 5.97 Å². The van der Waals surface area contributed by atoms with E-state index in [0.29, 0.717) is 12.0 Å². The predicted molar refractivity (Wildman–Crippen MR) is 53.7 cm³/mol. The van der Waals surface area contributed by atoms with Gasteiger partial charge in [-0.2, -0.15) is 0 Å². The molecule has 1 aromatic carbocycles. The van der Waals surface area contributed by atoms with Crippen molar-refractivity contribution in [2.24, 2.45) is 0 Å². The van der Waals surface area contributed by atoms with Crippen LogP contribution in [0, 0.1) is 6.92 Å². The van der Waals surface area contributed by atoms with Gasteiger partial charge in [-0.05, 0) is 30.5 Å². The van der Waals surface area contributed by atoms with Crippen LogP contribution in [0.3, 0.4) is 0 Å². The van der Waals surface area contributed by atoms with E-state index in [2.05, 4.69) is 6.58 Å². The number of carbonyl (C=O) groups is 1. The molecule has 14 heavy (non-hydrogen) atoms. The van der Waals surface area contributed by atoms with Crippen molar-refractivity contribution in [3.8, 4) is 5.75 Å². The summed E-state index contributed by atoms with van der Waals surface area (Å²) < 4.78 is 0. The normalized spacial score (nSPS) is 9.79. The van der Waals surface area contributed by atoms with Gasteiger partial charge in [0.15, 0.2) is 0 Å². The third-order valence-corrected chi connectivity index (χ3v) is 1.97. The number of aromatic carboxylic acids is 1. The van der Waals surface area contributed by atoms with E-state index in [0.717, 1.165) is 5.56 Å². The Morgan fingerprint density at radius 1 is 1.57 bits per heavy atom. The molecular weight excluding hydrogens is 180 g/mol. The molecule has 0 aromatic heterocycles. The summed E-state index contributed by atoms with van der Waals surface area (Å²) in [7, 11) is 0. The van der Waals surface area contributed by atoms with E-state index in [1.54, 1.807) is 19.1 Å². The van der Waals surface area contributed by atoms with Gasteiger partial charge >= 0.3 is 5.97 Å². The van der Waals surface area contributed by atoms with Gasteiger partial charge in [0.05, 0.1) is 0 Å². The van der Waals surface area contributed by atoms with Crippen molar-refractivity contribution in [2.45, 2.75) is 13.3 Å². The Morgan fingerprint density at radius 3 is 2.71 bits per heavy atom.